The van der Waals surface area contributed by atoms with Crippen LogP contribution in [-0.4, -0.2) is 66.4 Å². The number of rotatable bonds is 4. The predicted octanol–water partition coefficient (Wildman–Crippen LogP) is -5.73. The average molecular weight is 801 g/mol. The molecule has 4 radical (unpaired) electrons. The number of aromatic nitrogens is 4. The number of hydrogen-bond acceptors (Lipinski definition) is 4. The fourth-order valence-electron chi connectivity index (χ4n) is 1.91. The molecule has 8 heteroatoms. The fourth-order valence-corrected chi connectivity index (χ4v) is 8.17. The Bertz CT molecular complexity index is 735. The monoisotopic (exact) mass is 800 g/mol. The summed E-state index contributed by atoms with van der Waals surface area (Å²) < 4.78 is 4.95. The Labute approximate surface area is 200 Å². The molecule has 0 saturated carbocycles. The molecule has 0 aromatic carbocycles. The molecular formula is C20H16Bi2Cl2N4. The molecule has 0 fully saturated rings. The van der Waals surface area contributed by atoms with E-state index in [9.17, 15) is 0 Å². The van der Waals surface area contributed by atoms with Crippen LogP contribution >= 0.6 is 0 Å². The van der Waals surface area contributed by atoms with Gasteiger partial charge in [0.2, 0.25) is 0 Å². The molecule has 4 heterocycles. The minimum absolute atomic E-state index is 0. The van der Waals surface area contributed by atoms with Crippen molar-refractivity contribution in [2.75, 3.05) is 0 Å². The quantitative estimate of drug-likeness (QED) is 0.194. The third-order valence-electron chi connectivity index (χ3n) is 3.06. The van der Waals surface area contributed by atoms with Crippen molar-refractivity contribution in [2.24, 2.45) is 0 Å². The van der Waals surface area contributed by atoms with Crippen molar-refractivity contribution in [3.8, 4) is 0 Å². The Kier molecular flexibility index (Phi) is 13.3. The first kappa shape index (κ1) is 25.0. The van der Waals surface area contributed by atoms with Crippen LogP contribution in [0.5, 0.6) is 0 Å². The van der Waals surface area contributed by atoms with Gasteiger partial charge >= 0.3 is 178 Å². The zero-order chi connectivity index (χ0) is 17.9. The number of halogens is 2. The Morgan fingerprint density at radius 2 is 0.643 bits per heavy atom. The van der Waals surface area contributed by atoms with Gasteiger partial charge in [0.05, 0.1) is 0 Å². The topological polar surface area (TPSA) is 51.6 Å². The second-order valence-corrected chi connectivity index (χ2v) is 13.8. The molecule has 0 unspecified atom stereocenters. The van der Waals surface area contributed by atoms with E-state index in [4.69, 9.17) is 0 Å². The van der Waals surface area contributed by atoms with Gasteiger partial charge in [0.1, 0.15) is 0 Å². The molecule has 0 aliphatic carbocycles. The van der Waals surface area contributed by atoms with Crippen molar-refractivity contribution in [3.05, 3.63) is 97.6 Å². The summed E-state index contributed by atoms with van der Waals surface area (Å²) in [5.74, 6) is 0. The first-order chi connectivity index (χ1) is 12.9. The van der Waals surface area contributed by atoms with Crippen LogP contribution < -0.4 is 38.4 Å². The van der Waals surface area contributed by atoms with E-state index >= 15 is 0 Å². The summed E-state index contributed by atoms with van der Waals surface area (Å²) in [6.45, 7) is 0. The van der Waals surface area contributed by atoms with E-state index in [0.29, 0.717) is 0 Å². The summed E-state index contributed by atoms with van der Waals surface area (Å²) in [5, 5.41) is 0. The summed E-state index contributed by atoms with van der Waals surface area (Å²) in [5.41, 5.74) is 0. The Hall–Kier alpha value is -1.05. The summed E-state index contributed by atoms with van der Waals surface area (Å²) in [4.78, 5) is 17.3. The summed E-state index contributed by atoms with van der Waals surface area (Å²) >= 11 is -1.67. The van der Waals surface area contributed by atoms with Gasteiger partial charge < -0.3 is 24.8 Å². The zero-order valence-corrected chi connectivity index (χ0v) is 23.1. The van der Waals surface area contributed by atoms with E-state index in [1.165, 1.54) is 13.6 Å². The molecule has 0 amide bonds. The molecule has 0 saturated heterocycles. The zero-order valence-electron chi connectivity index (χ0n) is 14.7. The van der Waals surface area contributed by atoms with Crippen molar-refractivity contribution in [2.45, 2.75) is 0 Å². The third kappa shape index (κ3) is 9.43. The number of nitrogens with zero attached hydrogens (tertiary/aromatic N) is 4. The normalized spacial score (nSPS) is 9.14. The first-order valence-electron chi connectivity index (χ1n) is 7.98. The molecular weight excluding hydrogens is 785 g/mol. The van der Waals surface area contributed by atoms with Crippen molar-refractivity contribution in [3.63, 3.8) is 0 Å². The molecule has 0 aliphatic rings. The molecule has 0 N–H and O–H groups in total. The van der Waals surface area contributed by atoms with Gasteiger partial charge in [-0.25, -0.2) is 0 Å². The summed E-state index contributed by atoms with van der Waals surface area (Å²) in [6.07, 6.45) is 7.40. The SMILES string of the molecule is [Cl-].[Cl-].c1cc[c]([Bi+][c]2ccccn2)nc1.c1cc[c]([Bi+][c]2ccccn2)nc1. The van der Waals surface area contributed by atoms with Crippen LogP contribution in [0.3, 0.4) is 0 Å². The summed E-state index contributed by atoms with van der Waals surface area (Å²) in [7, 11) is 0. The molecule has 0 atom stereocenters. The molecule has 4 aromatic heterocycles. The van der Waals surface area contributed by atoms with Crippen LogP contribution in [0.25, 0.3) is 0 Å². The summed E-state index contributed by atoms with van der Waals surface area (Å²) in [6, 6.07) is 24.3. The van der Waals surface area contributed by atoms with E-state index in [1.807, 2.05) is 73.3 Å². The molecule has 0 bridgehead atoms. The van der Waals surface area contributed by atoms with Gasteiger partial charge in [-0.1, -0.05) is 0 Å². The van der Waals surface area contributed by atoms with Gasteiger partial charge in [0.15, 0.2) is 0 Å². The van der Waals surface area contributed by atoms with Crippen LogP contribution in [0.15, 0.2) is 97.6 Å². The van der Waals surface area contributed by atoms with Crippen molar-refractivity contribution < 1.29 is 24.8 Å². The van der Waals surface area contributed by atoms with Gasteiger partial charge in [-0.2, -0.15) is 0 Å². The Morgan fingerprint density at radius 3 is 0.821 bits per heavy atom. The van der Waals surface area contributed by atoms with E-state index in [1.54, 1.807) is 0 Å². The molecule has 140 valence electrons. The molecule has 0 aliphatic heterocycles. The van der Waals surface area contributed by atoms with Crippen molar-refractivity contribution in [1.82, 2.24) is 19.9 Å². The van der Waals surface area contributed by atoms with E-state index in [2.05, 4.69) is 44.2 Å². The van der Waals surface area contributed by atoms with Crippen LogP contribution in [0, 0.1) is 0 Å². The number of pyridine rings is 4. The van der Waals surface area contributed by atoms with Gasteiger partial charge in [0.25, 0.3) is 0 Å². The van der Waals surface area contributed by atoms with Gasteiger partial charge in [-0.15, -0.1) is 0 Å². The number of hydrogen-bond donors (Lipinski definition) is 0. The van der Waals surface area contributed by atoms with Crippen LogP contribution in [0.4, 0.5) is 0 Å². The van der Waals surface area contributed by atoms with Gasteiger partial charge in [-0.3, -0.25) is 0 Å². The first-order valence-corrected chi connectivity index (χ1v) is 14.9. The molecule has 4 nitrogen and oxygen atoms in total. The van der Waals surface area contributed by atoms with E-state index in [0.717, 1.165) is 0 Å². The molecule has 4 rings (SSSR count). The average Bonchev–Trinajstić information content (AvgIpc) is 2.72. The van der Waals surface area contributed by atoms with Crippen molar-refractivity contribution in [1.29, 1.82) is 0 Å². The van der Waals surface area contributed by atoms with E-state index in [-0.39, 0.29) is 24.8 Å². The van der Waals surface area contributed by atoms with Crippen molar-refractivity contribution >= 4 is 60.1 Å². The van der Waals surface area contributed by atoms with Gasteiger partial charge in [-0.05, 0) is 0 Å². The maximum atomic E-state index is 4.31. The van der Waals surface area contributed by atoms with Crippen LogP contribution in [0.1, 0.15) is 0 Å². The minimum atomic E-state index is -0.835. The fraction of sp³-hybridized carbons (Fsp3) is 0. The maximum absolute atomic E-state index is 4.31. The Morgan fingerprint density at radius 1 is 0.393 bits per heavy atom. The molecule has 0 spiro atoms. The Balaban J connectivity index is 0.000000261. The third-order valence-corrected chi connectivity index (χ3v) is 10.7. The standard InChI is InChI=1S/4C5H4N.2Bi.2ClH/c4*1-2-4-6-5-3-1;;;;/h4*1-4H;;;2*1H/q;;;;2*+1;;/p-2. The van der Waals surface area contributed by atoms with E-state index < -0.39 is 46.5 Å². The van der Waals surface area contributed by atoms with Crippen LogP contribution in [0.2, 0.25) is 0 Å². The van der Waals surface area contributed by atoms with Gasteiger partial charge in [0, 0.05) is 0 Å². The molecule has 28 heavy (non-hydrogen) atoms. The predicted molar refractivity (Wildman–Crippen MR) is 107 cm³/mol. The second kappa shape index (κ2) is 14.9. The van der Waals surface area contributed by atoms with Crippen LogP contribution in [-0.2, 0) is 0 Å². The second-order valence-electron chi connectivity index (χ2n) is 4.98. The molecule has 4 aromatic rings.